The van der Waals surface area contributed by atoms with Gasteiger partial charge in [-0.2, -0.15) is 0 Å². The number of carbonyl (C=O) groups is 1. The molecule has 0 saturated carbocycles. The number of anilines is 1. The van der Waals surface area contributed by atoms with Crippen molar-refractivity contribution in [3.8, 4) is 11.5 Å². The molecule has 0 atom stereocenters. The molecule has 0 aliphatic heterocycles. The van der Waals surface area contributed by atoms with E-state index in [0.29, 0.717) is 17.2 Å². The number of rotatable bonds is 5. The Hall–Kier alpha value is -2.77. The normalized spacial score (nSPS) is 10.1. The molecular weight excluding hydrogens is 266 g/mol. The average Bonchev–Trinajstić information content (AvgIpc) is 2.83. The summed E-state index contributed by atoms with van der Waals surface area (Å²) in [6.07, 6.45) is 1.14. The third-order valence-corrected chi connectivity index (χ3v) is 2.47. The molecule has 8 nitrogen and oxygen atoms in total. The van der Waals surface area contributed by atoms with E-state index in [2.05, 4.69) is 15.1 Å². The van der Waals surface area contributed by atoms with Gasteiger partial charge in [0, 0.05) is 23.9 Å². The third kappa shape index (κ3) is 3.37. The molecule has 0 spiro atoms. The smallest absolute Gasteiger partial charge is 0.426 e. The highest BCUT2D eigenvalue weighted by Gasteiger charge is 2.14. The Bertz CT molecular complexity index is 639. The van der Waals surface area contributed by atoms with Crippen molar-refractivity contribution in [3.05, 3.63) is 34.8 Å². The zero-order valence-corrected chi connectivity index (χ0v) is 11.0. The van der Waals surface area contributed by atoms with E-state index >= 15 is 0 Å². The van der Waals surface area contributed by atoms with Gasteiger partial charge in [0.05, 0.1) is 14.2 Å². The minimum atomic E-state index is -0.555. The molecular formula is C12H14N3O5+. The number of benzene rings is 1. The lowest BCUT2D eigenvalue weighted by atomic mass is 10.2. The van der Waals surface area contributed by atoms with Crippen LogP contribution in [0.5, 0.6) is 11.5 Å². The molecule has 20 heavy (non-hydrogen) atoms. The number of methoxy groups -OCH3 is 2. The second-order valence-electron chi connectivity index (χ2n) is 3.92. The summed E-state index contributed by atoms with van der Waals surface area (Å²) in [5.41, 5.74) is -0.0292. The van der Waals surface area contributed by atoms with Crippen LogP contribution in [0.25, 0.3) is 0 Å². The Morgan fingerprint density at radius 2 is 1.95 bits per heavy atom. The first kappa shape index (κ1) is 13.7. The lowest BCUT2D eigenvalue weighted by Gasteiger charge is -2.08. The van der Waals surface area contributed by atoms with Gasteiger partial charge in [-0.25, -0.2) is 4.79 Å². The fourth-order valence-electron chi connectivity index (χ4n) is 1.60. The highest BCUT2D eigenvalue weighted by molar-refractivity contribution is 5.90. The third-order valence-electron chi connectivity index (χ3n) is 2.47. The summed E-state index contributed by atoms with van der Waals surface area (Å²) in [7, 11) is 3.04. The Balaban J connectivity index is 2.08. The first-order chi connectivity index (χ1) is 9.60. The number of H-pyrrole nitrogens is 1. The van der Waals surface area contributed by atoms with Crippen LogP contribution in [0.15, 0.2) is 33.7 Å². The molecule has 1 heterocycles. The van der Waals surface area contributed by atoms with E-state index in [1.54, 1.807) is 18.2 Å². The second kappa shape index (κ2) is 5.91. The largest absolute Gasteiger partial charge is 0.497 e. The minimum absolute atomic E-state index is 0.0781. The number of hydrogen-bond acceptors (Lipinski definition) is 5. The topological polar surface area (TPSA) is 97.4 Å². The second-order valence-corrected chi connectivity index (χ2v) is 3.92. The van der Waals surface area contributed by atoms with E-state index in [-0.39, 0.29) is 12.5 Å². The van der Waals surface area contributed by atoms with E-state index < -0.39 is 5.63 Å². The molecule has 0 aliphatic rings. The van der Waals surface area contributed by atoms with E-state index in [4.69, 9.17) is 9.47 Å². The van der Waals surface area contributed by atoms with Gasteiger partial charge in [-0.1, -0.05) is 4.68 Å². The number of ether oxygens (including phenoxy) is 2. The van der Waals surface area contributed by atoms with Crippen molar-refractivity contribution in [1.82, 2.24) is 5.27 Å². The van der Waals surface area contributed by atoms with Crippen LogP contribution in [0.3, 0.4) is 0 Å². The van der Waals surface area contributed by atoms with Gasteiger partial charge in [0.2, 0.25) is 0 Å². The summed E-state index contributed by atoms with van der Waals surface area (Å²) in [5.74, 6) is 0.787. The number of amides is 1. The summed E-state index contributed by atoms with van der Waals surface area (Å²) in [4.78, 5) is 22.6. The van der Waals surface area contributed by atoms with Crippen LogP contribution in [-0.2, 0) is 11.3 Å². The summed E-state index contributed by atoms with van der Waals surface area (Å²) >= 11 is 0. The van der Waals surface area contributed by atoms with Gasteiger partial charge in [-0.05, 0) is 5.27 Å². The number of carbonyl (C=O) groups excluding carboxylic acids is 1. The van der Waals surface area contributed by atoms with Gasteiger partial charge in [0.25, 0.3) is 18.6 Å². The number of nitrogens with one attached hydrogen (secondary N) is 2. The van der Waals surface area contributed by atoms with Crippen LogP contribution in [-0.4, -0.2) is 25.4 Å². The van der Waals surface area contributed by atoms with Crippen molar-refractivity contribution in [2.24, 2.45) is 0 Å². The highest BCUT2D eigenvalue weighted by atomic mass is 16.5. The lowest BCUT2D eigenvalue weighted by molar-refractivity contribution is -0.750. The molecule has 1 amide bonds. The molecule has 2 aromatic rings. The summed E-state index contributed by atoms with van der Waals surface area (Å²) in [5, 5.41) is 4.95. The molecule has 0 bridgehead atoms. The van der Waals surface area contributed by atoms with Crippen LogP contribution in [0, 0.1) is 0 Å². The van der Waals surface area contributed by atoms with Crippen LogP contribution in [0.4, 0.5) is 5.69 Å². The first-order valence-electron chi connectivity index (χ1n) is 5.71. The molecule has 0 fully saturated rings. The van der Waals surface area contributed by atoms with E-state index in [1.807, 2.05) is 0 Å². The van der Waals surface area contributed by atoms with Crippen LogP contribution in [0.1, 0.15) is 0 Å². The molecule has 0 unspecified atom stereocenters. The molecule has 106 valence electrons. The zero-order chi connectivity index (χ0) is 14.5. The molecule has 0 radical (unpaired) electrons. The summed E-state index contributed by atoms with van der Waals surface area (Å²) in [6.45, 7) is -0.0781. The molecule has 0 aliphatic carbocycles. The van der Waals surface area contributed by atoms with E-state index in [1.165, 1.54) is 18.9 Å². The van der Waals surface area contributed by atoms with Crippen LogP contribution < -0.4 is 25.1 Å². The fraction of sp³-hybridized carbons (Fsp3) is 0.250. The monoisotopic (exact) mass is 280 g/mol. The molecule has 0 saturated heterocycles. The van der Waals surface area contributed by atoms with Crippen molar-refractivity contribution in [3.63, 3.8) is 0 Å². The quantitative estimate of drug-likeness (QED) is 0.746. The number of nitrogens with zero attached hydrogens (tertiary/aromatic N) is 1. The zero-order valence-electron chi connectivity index (χ0n) is 11.0. The summed E-state index contributed by atoms with van der Waals surface area (Å²) < 4.78 is 15.9. The van der Waals surface area contributed by atoms with Crippen molar-refractivity contribution in [2.45, 2.75) is 6.54 Å². The standard InChI is InChI=1S/C12H13N3O5/c1-18-9-3-8(4-10(5-9)19-2)13-11(16)6-15-7-12(17)20-14-15/h3-5,7H,6H2,1-2H3,(H-,13,14,16,17)/p+1. The fourth-order valence-corrected chi connectivity index (χ4v) is 1.60. The van der Waals surface area contributed by atoms with Gasteiger partial charge in [0.15, 0.2) is 0 Å². The van der Waals surface area contributed by atoms with Crippen LogP contribution >= 0.6 is 0 Å². The Morgan fingerprint density at radius 1 is 1.30 bits per heavy atom. The maximum atomic E-state index is 11.8. The van der Waals surface area contributed by atoms with Gasteiger partial charge in [0.1, 0.15) is 11.5 Å². The number of aromatic amines is 1. The molecule has 8 heteroatoms. The summed E-state index contributed by atoms with van der Waals surface area (Å²) in [6, 6.07) is 5.00. The van der Waals surface area contributed by atoms with Gasteiger partial charge in [-0.15, -0.1) is 0 Å². The van der Waals surface area contributed by atoms with Gasteiger partial charge < -0.3 is 14.8 Å². The molecule has 1 aromatic heterocycles. The van der Waals surface area contributed by atoms with Crippen molar-refractivity contribution in [2.75, 3.05) is 19.5 Å². The maximum absolute atomic E-state index is 11.8. The van der Waals surface area contributed by atoms with Crippen molar-refractivity contribution >= 4 is 11.6 Å². The molecule has 1 aromatic carbocycles. The Morgan fingerprint density at radius 3 is 2.45 bits per heavy atom. The van der Waals surface area contributed by atoms with Gasteiger partial charge >= 0.3 is 5.63 Å². The first-order valence-corrected chi connectivity index (χ1v) is 5.71. The lowest BCUT2D eigenvalue weighted by Crippen LogP contribution is -2.41. The predicted octanol–water partition coefficient (Wildman–Crippen LogP) is -0.0887. The van der Waals surface area contributed by atoms with Crippen molar-refractivity contribution in [1.29, 1.82) is 0 Å². The minimum Gasteiger partial charge on any atom is -0.497 e. The SMILES string of the molecule is COc1cc(NC(=O)C[n+]2cc(=O)o[nH]2)cc(OC)c1. The predicted molar refractivity (Wildman–Crippen MR) is 67.7 cm³/mol. The average molecular weight is 280 g/mol. The number of aromatic nitrogens is 2. The maximum Gasteiger partial charge on any atom is 0.426 e. The van der Waals surface area contributed by atoms with Crippen LogP contribution in [0.2, 0.25) is 0 Å². The Labute approximate surface area is 113 Å². The Kier molecular flexibility index (Phi) is 4.04. The molecule has 2 N–H and O–H groups in total. The molecule has 2 rings (SSSR count). The van der Waals surface area contributed by atoms with E-state index in [0.717, 1.165) is 6.20 Å². The number of hydrogen-bond donors (Lipinski definition) is 2. The van der Waals surface area contributed by atoms with E-state index in [9.17, 15) is 9.59 Å². The van der Waals surface area contributed by atoms with Gasteiger partial charge in [-0.3, -0.25) is 9.32 Å². The van der Waals surface area contributed by atoms with Crippen molar-refractivity contribution < 1.29 is 23.5 Å². The highest BCUT2D eigenvalue weighted by Crippen LogP contribution is 2.25.